The topological polar surface area (TPSA) is 62.3 Å². The third-order valence-corrected chi connectivity index (χ3v) is 2.76. The summed E-state index contributed by atoms with van der Waals surface area (Å²) in [5.74, 6) is -0.388. The van der Waals surface area contributed by atoms with E-state index in [9.17, 15) is 9.59 Å². The normalized spacial score (nSPS) is 20.8. The summed E-state index contributed by atoms with van der Waals surface area (Å²) in [6.07, 6.45) is 0. The standard InChI is InChI=1S/C12H15N3O2/c1-8-4-3-5-10(14-8)7-15-11(16)6-13-9(2)12(15)17/h3-5,9,13H,6-7H2,1-2H3. The highest BCUT2D eigenvalue weighted by Gasteiger charge is 2.31. The number of aromatic nitrogens is 1. The number of rotatable bonds is 2. The Bertz CT molecular complexity index is 459. The van der Waals surface area contributed by atoms with Gasteiger partial charge in [0.15, 0.2) is 0 Å². The largest absolute Gasteiger partial charge is 0.298 e. The summed E-state index contributed by atoms with van der Waals surface area (Å²) in [4.78, 5) is 29.1. The van der Waals surface area contributed by atoms with Gasteiger partial charge in [-0.05, 0) is 26.0 Å². The molecular weight excluding hydrogens is 218 g/mol. The van der Waals surface area contributed by atoms with E-state index in [2.05, 4.69) is 10.3 Å². The number of pyridine rings is 1. The molecule has 5 nitrogen and oxygen atoms in total. The first-order chi connectivity index (χ1) is 8.08. The molecule has 0 radical (unpaired) electrons. The molecule has 0 bridgehead atoms. The van der Waals surface area contributed by atoms with Gasteiger partial charge < -0.3 is 0 Å². The number of amides is 2. The van der Waals surface area contributed by atoms with Gasteiger partial charge in [0, 0.05) is 5.69 Å². The van der Waals surface area contributed by atoms with Crippen molar-refractivity contribution in [2.24, 2.45) is 0 Å². The molecule has 1 saturated heterocycles. The predicted molar refractivity (Wildman–Crippen MR) is 62.0 cm³/mol. The van der Waals surface area contributed by atoms with E-state index < -0.39 is 0 Å². The van der Waals surface area contributed by atoms with Gasteiger partial charge in [0.2, 0.25) is 11.8 Å². The van der Waals surface area contributed by atoms with Gasteiger partial charge in [0.1, 0.15) is 0 Å². The number of carbonyl (C=O) groups excluding carboxylic acids is 2. The number of hydrogen-bond donors (Lipinski definition) is 1. The third kappa shape index (κ3) is 2.50. The number of hydrogen-bond acceptors (Lipinski definition) is 4. The lowest BCUT2D eigenvalue weighted by atomic mass is 10.2. The summed E-state index contributed by atoms with van der Waals surface area (Å²) in [6.45, 7) is 4.10. The number of nitrogens with zero attached hydrogens (tertiary/aromatic N) is 2. The van der Waals surface area contributed by atoms with Gasteiger partial charge in [-0.3, -0.25) is 24.8 Å². The highest BCUT2D eigenvalue weighted by Crippen LogP contribution is 2.08. The molecule has 1 fully saturated rings. The summed E-state index contributed by atoms with van der Waals surface area (Å²) in [7, 11) is 0. The minimum atomic E-state index is -0.308. The monoisotopic (exact) mass is 233 g/mol. The van der Waals surface area contributed by atoms with Gasteiger partial charge >= 0.3 is 0 Å². The van der Waals surface area contributed by atoms with Crippen LogP contribution in [0.25, 0.3) is 0 Å². The quantitative estimate of drug-likeness (QED) is 0.743. The predicted octanol–water partition coefficient (Wildman–Crippen LogP) is 0.237. The van der Waals surface area contributed by atoms with Gasteiger partial charge in [-0.2, -0.15) is 0 Å². The molecule has 0 spiro atoms. The lowest BCUT2D eigenvalue weighted by Crippen LogP contribution is -2.56. The molecule has 2 amide bonds. The van der Waals surface area contributed by atoms with Crippen LogP contribution in [0.4, 0.5) is 0 Å². The first-order valence-corrected chi connectivity index (χ1v) is 5.58. The molecule has 0 aliphatic carbocycles. The summed E-state index contributed by atoms with van der Waals surface area (Å²) in [5, 5.41) is 2.85. The van der Waals surface area contributed by atoms with Gasteiger partial charge in [-0.15, -0.1) is 0 Å². The average molecular weight is 233 g/mol. The van der Waals surface area contributed by atoms with Gasteiger partial charge in [0.05, 0.1) is 24.8 Å². The molecule has 1 aliphatic heterocycles. The van der Waals surface area contributed by atoms with Gasteiger partial charge in [0.25, 0.3) is 0 Å². The molecule has 2 rings (SSSR count). The van der Waals surface area contributed by atoms with Crippen LogP contribution in [-0.4, -0.2) is 34.3 Å². The molecule has 1 N–H and O–H groups in total. The second-order valence-electron chi connectivity index (χ2n) is 4.19. The van der Waals surface area contributed by atoms with Crippen molar-refractivity contribution in [3.63, 3.8) is 0 Å². The maximum absolute atomic E-state index is 11.8. The third-order valence-electron chi connectivity index (χ3n) is 2.76. The smallest absolute Gasteiger partial charge is 0.246 e. The molecule has 5 heteroatoms. The van der Waals surface area contributed by atoms with Crippen molar-refractivity contribution in [1.29, 1.82) is 0 Å². The molecule has 0 aromatic carbocycles. The fourth-order valence-corrected chi connectivity index (χ4v) is 1.80. The van der Waals surface area contributed by atoms with Gasteiger partial charge in [-0.25, -0.2) is 0 Å². The zero-order chi connectivity index (χ0) is 12.4. The molecule has 17 heavy (non-hydrogen) atoms. The van der Waals surface area contributed by atoms with E-state index in [4.69, 9.17) is 0 Å². The van der Waals surface area contributed by atoms with Crippen LogP contribution in [0.15, 0.2) is 18.2 Å². The van der Waals surface area contributed by atoms with E-state index in [-0.39, 0.29) is 30.9 Å². The summed E-state index contributed by atoms with van der Waals surface area (Å²) >= 11 is 0. The molecular formula is C12H15N3O2. The Labute approximate surface area is 99.8 Å². The number of aryl methyl sites for hydroxylation is 1. The first-order valence-electron chi connectivity index (χ1n) is 5.58. The van der Waals surface area contributed by atoms with Crippen molar-refractivity contribution < 1.29 is 9.59 Å². The van der Waals surface area contributed by atoms with Crippen molar-refractivity contribution in [3.05, 3.63) is 29.6 Å². The fraction of sp³-hybridized carbons (Fsp3) is 0.417. The molecule has 1 unspecified atom stereocenters. The fourth-order valence-electron chi connectivity index (χ4n) is 1.80. The van der Waals surface area contributed by atoms with E-state index in [0.717, 1.165) is 11.4 Å². The van der Waals surface area contributed by atoms with Crippen molar-refractivity contribution in [2.45, 2.75) is 26.4 Å². The molecule has 0 saturated carbocycles. The summed E-state index contributed by atoms with van der Waals surface area (Å²) in [6, 6.07) is 5.27. The van der Waals surface area contributed by atoms with E-state index in [1.54, 1.807) is 6.92 Å². The van der Waals surface area contributed by atoms with Crippen LogP contribution in [0.3, 0.4) is 0 Å². The van der Waals surface area contributed by atoms with Crippen LogP contribution in [0.5, 0.6) is 0 Å². The number of imide groups is 1. The van der Waals surface area contributed by atoms with Crippen LogP contribution in [0, 0.1) is 6.92 Å². The van der Waals surface area contributed by atoms with Crippen LogP contribution < -0.4 is 5.32 Å². The van der Waals surface area contributed by atoms with E-state index in [1.807, 2.05) is 25.1 Å². The first kappa shape index (κ1) is 11.7. The lowest BCUT2D eigenvalue weighted by Gasteiger charge is -2.29. The van der Waals surface area contributed by atoms with Crippen molar-refractivity contribution in [3.8, 4) is 0 Å². The van der Waals surface area contributed by atoms with Crippen LogP contribution in [0.2, 0.25) is 0 Å². The molecule has 1 aliphatic rings. The minimum Gasteiger partial charge on any atom is -0.298 e. The highest BCUT2D eigenvalue weighted by molar-refractivity contribution is 6.00. The Morgan fingerprint density at radius 2 is 2.24 bits per heavy atom. The van der Waals surface area contributed by atoms with E-state index >= 15 is 0 Å². The Morgan fingerprint density at radius 1 is 1.47 bits per heavy atom. The molecule has 2 heterocycles. The maximum Gasteiger partial charge on any atom is 0.246 e. The number of nitrogens with one attached hydrogen (secondary N) is 1. The molecule has 90 valence electrons. The summed E-state index contributed by atoms with van der Waals surface area (Å²) in [5.41, 5.74) is 1.62. The van der Waals surface area contributed by atoms with E-state index in [1.165, 1.54) is 4.90 Å². The zero-order valence-electron chi connectivity index (χ0n) is 9.93. The molecule has 1 atom stereocenters. The SMILES string of the molecule is Cc1cccc(CN2C(=O)CNC(C)C2=O)n1. The maximum atomic E-state index is 11.8. The highest BCUT2D eigenvalue weighted by atomic mass is 16.2. The second kappa shape index (κ2) is 4.63. The average Bonchev–Trinajstić information content (AvgIpc) is 2.30. The van der Waals surface area contributed by atoms with Crippen molar-refractivity contribution in [2.75, 3.05) is 6.54 Å². The van der Waals surface area contributed by atoms with Gasteiger partial charge in [-0.1, -0.05) is 6.07 Å². The lowest BCUT2D eigenvalue weighted by molar-refractivity contribution is -0.149. The Balaban J connectivity index is 2.16. The Hall–Kier alpha value is -1.75. The molecule has 1 aromatic heterocycles. The van der Waals surface area contributed by atoms with E-state index in [0.29, 0.717) is 0 Å². The van der Waals surface area contributed by atoms with Crippen LogP contribution >= 0.6 is 0 Å². The Kier molecular flexibility index (Phi) is 3.19. The van der Waals surface area contributed by atoms with Crippen molar-refractivity contribution >= 4 is 11.8 Å². The Morgan fingerprint density at radius 3 is 2.94 bits per heavy atom. The van der Waals surface area contributed by atoms with Crippen molar-refractivity contribution in [1.82, 2.24) is 15.2 Å². The van der Waals surface area contributed by atoms with Crippen LogP contribution in [-0.2, 0) is 16.1 Å². The number of carbonyl (C=O) groups is 2. The number of piperazine rings is 1. The molecule has 1 aromatic rings. The zero-order valence-corrected chi connectivity index (χ0v) is 9.93. The van der Waals surface area contributed by atoms with Crippen LogP contribution in [0.1, 0.15) is 18.3 Å². The minimum absolute atomic E-state index is 0.190. The summed E-state index contributed by atoms with van der Waals surface area (Å²) < 4.78 is 0. The second-order valence-corrected chi connectivity index (χ2v) is 4.19.